The number of fused-ring (bicyclic) bond motifs is 1. The molecule has 1 saturated heterocycles. The van der Waals surface area contributed by atoms with Crippen molar-refractivity contribution in [2.24, 2.45) is 0 Å². The highest BCUT2D eigenvalue weighted by atomic mass is 127. The van der Waals surface area contributed by atoms with Crippen LogP contribution in [0.15, 0.2) is 4.79 Å². The number of rotatable bonds is 8. The first-order valence-electron chi connectivity index (χ1n) is 8.23. The van der Waals surface area contributed by atoms with E-state index < -0.39 is 60.2 Å². The van der Waals surface area contributed by atoms with Crippen molar-refractivity contribution < 1.29 is 61.4 Å². The number of nitrogens with one attached hydrogen (secondary N) is 1. The zero-order valence-corrected chi connectivity index (χ0v) is 20.4. The topological polar surface area (TPSA) is 299 Å². The maximum atomic E-state index is 12.0. The molecule has 33 heavy (non-hydrogen) atoms. The number of ether oxygens (including phenoxy) is 1. The average Bonchev–Trinajstić information content (AvgIpc) is 3.07. The fourth-order valence-corrected chi connectivity index (χ4v) is 6.53. The van der Waals surface area contributed by atoms with Crippen molar-refractivity contribution >= 4 is 63.2 Å². The van der Waals surface area contributed by atoms with Gasteiger partial charge in [-0.05, 0) is 0 Å². The van der Waals surface area contributed by atoms with Crippen LogP contribution in [0, 0.1) is 3.83 Å². The Labute approximate surface area is 195 Å². The first-order chi connectivity index (χ1) is 15.0. The lowest BCUT2D eigenvalue weighted by Crippen LogP contribution is -2.33. The molecule has 186 valence electrons. The standard InChI is InChI=1S/C10H15IN5O14P3/c11-9-13-3-6(14-10(12)15-7(3)19)16(9)8-5(18)4(17)2(28-8)1-27-32(23,24)30-33(25,26)29-31(20,21)22/h2,4-5,8,17-18H,1H2,(H,23,24)(H,25,26)(H2,20,21,22)(H3,12,14,15,19)/t2-,4?,5?,8-/m1/s1. The van der Waals surface area contributed by atoms with Crippen LogP contribution in [0.5, 0.6) is 0 Å². The van der Waals surface area contributed by atoms with Gasteiger partial charge in [-0.2, -0.15) is 13.6 Å². The number of anilines is 1. The number of H-pyrrole nitrogens is 1. The number of nitrogens with zero attached hydrogens (tertiary/aromatic N) is 3. The van der Waals surface area contributed by atoms with Gasteiger partial charge in [0.05, 0.1) is 6.61 Å². The summed E-state index contributed by atoms with van der Waals surface area (Å²) in [5, 5.41) is 20.6. The number of nitrogen functional groups attached to an aromatic ring is 1. The lowest BCUT2D eigenvalue weighted by atomic mass is 10.1. The zero-order chi connectivity index (χ0) is 24.9. The third-order valence-electron chi connectivity index (χ3n) is 3.94. The van der Waals surface area contributed by atoms with Gasteiger partial charge >= 0.3 is 23.5 Å². The summed E-state index contributed by atoms with van der Waals surface area (Å²) in [7, 11) is -16.8. The van der Waals surface area contributed by atoms with E-state index in [1.165, 1.54) is 0 Å². The van der Waals surface area contributed by atoms with E-state index in [2.05, 4.69) is 28.1 Å². The van der Waals surface area contributed by atoms with Gasteiger partial charge in [-0.25, -0.2) is 18.7 Å². The molecule has 0 aromatic carbocycles. The first-order valence-corrected chi connectivity index (χ1v) is 13.8. The van der Waals surface area contributed by atoms with E-state index in [4.69, 9.17) is 25.2 Å². The molecule has 0 amide bonds. The summed E-state index contributed by atoms with van der Waals surface area (Å²) in [4.78, 5) is 57.8. The van der Waals surface area contributed by atoms with Crippen molar-refractivity contribution in [1.82, 2.24) is 19.5 Å². The zero-order valence-electron chi connectivity index (χ0n) is 15.6. The number of phosphoric ester groups is 1. The molecular formula is C10H15IN5O14P3. The van der Waals surface area contributed by atoms with Gasteiger partial charge < -0.3 is 40.3 Å². The predicted molar refractivity (Wildman–Crippen MR) is 111 cm³/mol. The molecule has 2 aromatic rings. The molecule has 2 aromatic heterocycles. The molecular weight excluding hydrogens is 634 g/mol. The van der Waals surface area contributed by atoms with E-state index in [1.807, 2.05) is 0 Å². The first kappa shape index (κ1) is 26.8. The summed E-state index contributed by atoms with van der Waals surface area (Å²) in [5.41, 5.74) is 4.57. The van der Waals surface area contributed by atoms with Crippen LogP contribution < -0.4 is 11.3 Å². The molecule has 6 atom stereocenters. The number of aliphatic hydroxyl groups is 2. The van der Waals surface area contributed by atoms with Gasteiger partial charge in [0.2, 0.25) is 5.95 Å². The number of hydrogen-bond donors (Lipinski definition) is 8. The van der Waals surface area contributed by atoms with Crippen LogP contribution in [-0.4, -0.2) is 74.2 Å². The minimum atomic E-state index is -5.74. The van der Waals surface area contributed by atoms with Gasteiger partial charge in [-0.15, -0.1) is 0 Å². The molecule has 3 heterocycles. The van der Waals surface area contributed by atoms with E-state index >= 15 is 0 Å². The molecule has 0 bridgehead atoms. The smallest absolute Gasteiger partial charge is 0.387 e. The number of nitrogens with two attached hydrogens (primary N) is 1. The lowest BCUT2D eigenvalue weighted by molar-refractivity contribution is -0.0514. The summed E-state index contributed by atoms with van der Waals surface area (Å²) in [6.07, 6.45) is -6.43. The molecule has 19 nitrogen and oxygen atoms in total. The van der Waals surface area contributed by atoms with Gasteiger partial charge in [0, 0.05) is 22.6 Å². The molecule has 0 aliphatic carbocycles. The molecule has 1 fully saturated rings. The van der Waals surface area contributed by atoms with E-state index in [0.717, 1.165) is 4.57 Å². The fourth-order valence-electron chi connectivity index (χ4n) is 2.75. The average molecular weight is 649 g/mol. The number of phosphoric acid groups is 3. The van der Waals surface area contributed by atoms with Crippen molar-refractivity contribution in [2.75, 3.05) is 12.3 Å². The van der Waals surface area contributed by atoms with Crippen molar-refractivity contribution in [3.05, 3.63) is 14.2 Å². The normalized spacial score (nSPS) is 27.5. The van der Waals surface area contributed by atoms with Crippen LogP contribution in [0.25, 0.3) is 11.2 Å². The fraction of sp³-hybridized carbons (Fsp3) is 0.500. The molecule has 9 N–H and O–H groups in total. The largest absolute Gasteiger partial charge is 0.490 e. The van der Waals surface area contributed by atoms with E-state index in [-0.39, 0.29) is 20.9 Å². The number of aromatic amines is 1. The van der Waals surface area contributed by atoms with Crippen LogP contribution >= 0.6 is 46.1 Å². The predicted octanol–water partition coefficient (Wildman–Crippen LogP) is -1.73. The third kappa shape index (κ3) is 6.24. The molecule has 0 radical (unpaired) electrons. The quantitative estimate of drug-likeness (QED) is 0.0895. The van der Waals surface area contributed by atoms with Crippen LogP contribution in [0.2, 0.25) is 0 Å². The molecule has 0 spiro atoms. The van der Waals surface area contributed by atoms with Gasteiger partial charge in [0.15, 0.2) is 21.2 Å². The monoisotopic (exact) mass is 649 g/mol. The summed E-state index contributed by atoms with van der Waals surface area (Å²) < 4.78 is 52.0. The van der Waals surface area contributed by atoms with Crippen LogP contribution in [0.4, 0.5) is 5.95 Å². The van der Waals surface area contributed by atoms with Gasteiger partial charge in [0.25, 0.3) is 5.56 Å². The number of hydrogen-bond acceptors (Lipinski definition) is 13. The summed E-state index contributed by atoms with van der Waals surface area (Å²) in [5.74, 6) is -0.276. The Morgan fingerprint density at radius 1 is 1.09 bits per heavy atom. The number of aromatic nitrogens is 4. The second-order valence-corrected chi connectivity index (χ2v) is 11.7. The third-order valence-corrected chi connectivity index (χ3v) is 8.50. The second-order valence-electron chi connectivity index (χ2n) is 6.31. The molecule has 3 rings (SSSR count). The van der Waals surface area contributed by atoms with Gasteiger partial charge in [-0.3, -0.25) is 18.9 Å². The van der Waals surface area contributed by atoms with Crippen molar-refractivity contribution in [2.45, 2.75) is 24.5 Å². The van der Waals surface area contributed by atoms with Crippen LogP contribution in [0.3, 0.4) is 0 Å². The van der Waals surface area contributed by atoms with Crippen molar-refractivity contribution in [1.29, 1.82) is 0 Å². The molecule has 1 aliphatic rings. The Balaban J connectivity index is 1.77. The highest BCUT2D eigenvalue weighted by Gasteiger charge is 2.47. The number of aliphatic hydroxyl groups excluding tert-OH is 2. The Morgan fingerprint density at radius 3 is 2.33 bits per heavy atom. The van der Waals surface area contributed by atoms with Gasteiger partial charge in [-0.1, -0.05) is 0 Å². The maximum absolute atomic E-state index is 12.0. The van der Waals surface area contributed by atoms with Crippen LogP contribution in [0.1, 0.15) is 6.23 Å². The Hall–Kier alpha value is -0.830. The summed E-state index contributed by atoms with van der Waals surface area (Å²) >= 11 is 1.69. The SMILES string of the molecule is Nc1nc2c(nc(I)n2[C@@H]2O[C@H](COP(=O)(O)OP(=O)(O)OP(=O)(O)O)C(O)C2O)c(=O)[nH]1. The number of imidazole rings is 1. The molecule has 23 heteroatoms. The highest BCUT2D eigenvalue weighted by Crippen LogP contribution is 2.66. The molecule has 4 unspecified atom stereocenters. The Kier molecular flexibility index (Phi) is 7.56. The highest BCUT2D eigenvalue weighted by molar-refractivity contribution is 14.1. The summed E-state index contributed by atoms with van der Waals surface area (Å²) in [6, 6.07) is 0. The lowest BCUT2D eigenvalue weighted by Gasteiger charge is -2.19. The van der Waals surface area contributed by atoms with Gasteiger partial charge in [0.1, 0.15) is 18.3 Å². The second kappa shape index (κ2) is 9.32. The number of halogens is 1. The van der Waals surface area contributed by atoms with Crippen molar-refractivity contribution in [3.8, 4) is 0 Å². The Morgan fingerprint density at radius 2 is 1.73 bits per heavy atom. The summed E-state index contributed by atoms with van der Waals surface area (Å²) in [6.45, 7) is -1.02. The van der Waals surface area contributed by atoms with E-state index in [9.17, 15) is 33.6 Å². The molecule has 1 aliphatic heterocycles. The minimum absolute atomic E-state index is 0.0935. The van der Waals surface area contributed by atoms with Crippen molar-refractivity contribution in [3.63, 3.8) is 0 Å². The minimum Gasteiger partial charge on any atom is -0.387 e. The van der Waals surface area contributed by atoms with Crippen LogP contribution in [-0.2, 0) is 31.6 Å². The van der Waals surface area contributed by atoms with E-state index in [0.29, 0.717) is 0 Å². The Bertz CT molecular complexity index is 1260. The maximum Gasteiger partial charge on any atom is 0.490 e. The molecule has 0 saturated carbocycles. The van der Waals surface area contributed by atoms with E-state index in [1.54, 1.807) is 22.6 Å².